The van der Waals surface area contributed by atoms with Gasteiger partial charge in [0.1, 0.15) is 18.2 Å². The lowest BCUT2D eigenvalue weighted by Crippen LogP contribution is -2.45. The number of carbonyl (C=O) groups is 3. The standard InChI is InChI=1S/C31H30BrFN4O7/c1-4-42-30(39)28-18(2)35-31(40)36-29(28)21-8-12-25(26(14-21)41-3)44-17-27(38)37-34-15-20-7-11-24(23(32)13-20)43-16-19-5-9-22(33)10-6-19/h5-15,29H,4,16-17H2,1-3H3,(H,37,38)(H2,35,36,40)/b34-15-/t29-/m0/s1. The van der Waals surface area contributed by atoms with Gasteiger partial charge in [0.25, 0.3) is 5.91 Å². The summed E-state index contributed by atoms with van der Waals surface area (Å²) in [5.41, 5.74) is 5.12. The van der Waals surface area contributed by atoms with Crippen LogP contribution in [0.4, 0.5) is 9.18 Å². The molecule has 0 fully saturated rings. The van der Waals surface area contributed by atoms with Crippen molar-refractivity contribution in [1.29, 1.82) is 0 Å². The third-order valence-electron chi connectivity index (χ3n) is 6.31. The lowest BCUT2D eigenvalue weighted by atomic mass is 9.95. The quantitative estimate of drug-likeness (QED) is 0.142. The maximum absolute atomic E-state index is 13.1. The zero-order chi connectivity index (χ0) is 31.6. The van der Waals surface area contributed by atoms with Crippen molar-refractivity contribution in [2.24, 2.45) is 5.10 Å². The van der Waals surface area contributed by atoms with Gasteiger partial charge < -0.3 is 29.6 Å². The Kier molecular flexibility index (Phi) is 10.9. The summed E-state index contributed by atoms with van der Waals surface area (Å²) in [6, 6.07) is 14.9. The van der Waals surface area contributed by atoms with Gasteiger partial charge in [-0.15, -0.1) is 0 Å². The molecule has 1 aliphatic rings. The molecule has 0 bridgehead atoms. The van der Waals surface area contributed by atoms with Crippen LogP contribution in [0.25, 0.3) is 0 Å². The van der Waals surface area contributed by atoms with Crippen molar-refractivity contribution < 1.29 is 37.7 Å². The van der Waals surface area contributed by atoms with E-state index in [0.717, 1.165) is 5.56 Å². The highest BCUT2D eigenvalue weighted by Crippen LogP contribution is 2.34. The van der Waals surface area contributed by atoms with E-state index in [4.69, 9.17) is 18.9 Å². The molecule has 11 nitrogen and oxygen atoms in total. The number of nitrogens with one attached hydrogen (secondary N) is 3. The molecule has 3 aromatic carbocycles. The van der Waals surface area contributed by atoms with Crippen LogP contribution in [0.2, 0.25) is 0 Å². The van der Waals surface area contributed by atoms with Crippen LogP contribution in [0.5, 0.6) is 17.2 Å². The third-order valence-corrected chi connectivity index (χ3v) is 6.93. The molecule has 1 heterocycles. The maximum Gasteiger partial charge on any atom is 0.338 e. The molecule has 3 amide bonds. The molecule has 1 atom stereocenters. The Morgan fingerprint density at radius 1 is 1.05 bits per heavy atom. The van der Waals surface area contributed by atoms with E-state index in [2.05, 4.69) is 37.1 Å². The molecule has 0 unspecified atom stereocenters. The Balaban J connectivity index is 1.33. The van der Waals surface area contributed by atoms with E-state index in [-0.39, 0.29) is 37.0 Å². The summed E-state index contributed by atoms with van der Waals surface area (Å²) in [5.74, 6) is -0.226. The second kappa shape index (κ2) is 15.0. The van der Waals surface area contributed by atoms with Crippen LogP contribution >= 0.6 is 15.9 Å². The van der Waals surface area contributed by atoms with E-state index in [0.29, 0.717) is 32.8 Å². The Labute approximate surface area is 261 Å². The van der Waals surface area contributed by atoms with E-state index >= 15 is 0 Å². The number of nitrogens with zero attached hydrogens (tertiary/aromatic N) is 1. The minimum Gasteiger partial charge on any atom is -0.493 e. The molecule has 0 radical (unpaired) electrons. The topological polar surface area (TPSA) is 137 Å². The van der Waals surface area contributed by atoms with Gasteiger partial charge in [0, 0.05) is 5.70 Å². The molecule has 0 aliphatic carbocycles. The van der Waals surface area contributed by atoms with E-state index < -0.39 is 23.9 Å². The van der Waals surface area contributed by atoms with Crippen molar-refractivity contribution in [2.45, 2.75) is 26.5 Å². The number of benzene rings is 3. The van der Waals surface area contributed by atoms with Crippen LogP contribution in [0.15, 0.2) is 81.5 Å². The Morgan fingerprint density at radius 2 is 1.80 bits per heavy atom. The van der Waals surface area contributed by atoms with Gasteiger partial charge in [-0.25, -0.2) is 19.4 Å². The summed E-state index contributed by atoms with van der Waals surface area (Å²) in [4.78, 5) is 37.1. The van der Waals surface area contributed by atoms with Crippen LogP contribution < -0.4 is 30.3 Å². The lowest BCUT2D eigenvalue weighted by molar-refractivity contribution is -0.139. The fraction of sp³-hybridized carbons (Fsp3) is 0.226. The number of hydrazone groups is 1. The third kappa shape index (κ3) is 8.34. The van der Waals surface area contributed by atoms with Crippen molar-refractivity contribution in [3.8, 4) is 17.2 Å². The number of esters is 1. The normalized spacial score (nSPS) is 14.5. The predicted molar refractivity (Wildman–Crippen MR) is 163 cm³/mol. The number of amides is 3. The van der Waals surface area contributed by atoms with Gasteiger partial charge in [-0.05, 0) is 88.9 Å². The molecule has 0 saturated carbocycles. The highest BCUT2D eigenvalue weighted by molar-refractivity contribution is 9.10. The monoisotopic (exact) mass is 668 g/mol. The highest BCUT2D eigenvalue weighted by Gasteiger charge is 2.32. The van der Waals surface area contributed by atoms with Gasteiger partial charge >= 0.3 is 12.0 Å². The van der Waals surface area contributed by atoms with Gasteiger partial charge in [-0.1, -0.05) is 18.2 Å². The molecule has 3 N–H and O–H groups in total. The number of hydrogen-bond donors (Lipinski definition) is 3. The maximum atomic E-state index is 13.1. The van der Waals surface area contributed by atoms with Gasteiger partial charge in [0.05, 0.1) is 36.0 Å². The Hall–Kier alpha value is -4.91. The second-order valence-electron chi connectivity index (χ2n) is 9.39. The largest absolute Gasteiger partial charge is 0.493 e. The number of methoxy groups -OCH3 is 1. The first-order chi connectivity index (χ1) is 21.2. The second-order valence-corrected chi connectivity index (χ2v) is 10.2. The van der Waals surface area contributed by atoms with Crippen molar-refractivity contribution in [1.82, 2.24) is 16.1 Å². The smallest absolute Gasteiger partial charge is 0.338 e. The number of carbonyl (C=O) groups excluding carboxylic acids is 3. The zero-order valence-electron chi connectivity index (χ0n) is 24.1. The minimum atomic E-state index is -0.779. The highest BCUT2D eigenvalue weighted by atomic mass is 79.9. The predicted octanol–water partition coefficient (Wildman–Crippen LogP) is 4.90. The molecule has 0 saturated heterocycles. The Morgan fingerprint density at radius 3 is 2.50 bits per heavy atom. The van der Waals surface area contributed by atoms with Crippen LogP contribution in [-0.2, 0) is 20.9 Å². The van der Waals surface area contributed by atoms with E-state index in [1.165, 1.54) is 25.5 Å². The summed E-state index contributed by atoms with van der Waals surface area (Å²) in [5, 5.41) is 9.28. The van der Waals surface area contributed by atoms with Crippen molar-refractivity contribution >= 4 is 40.1 Å². The van der Waals surface area contributed by atoms with Gasteiger partial charge in [-0.2, -0.15) is 5.10 Å². The summed E-state index contributed by atoms with van der Waals surface area (Å²) in [7, 11) is 1.43. The minimum absolute atomic E-state index is 0.178. The van der Waals surface area contributed by atoms with Crippen molar-refractivity contribution in [3.05, 3.63) is 98.9 Å². The van der Waals surface area contributed by atoms with E-state index in [1.54, 1.807) is 62.4 Å². The first-order valence-electron chi connectivity index (χ1n) is 13.4. The molecular formula is C31H30BrFN4O7. The molecule has 0 aromatic heterocycles. The van der Waals surface area contributed by atoms with Crippen LogP contribution in [-0.4, -0.2) is 44.4 Å². The molecular weight excluding hydrogens is 639 g/mol. The van der Waals surface area contributed by atoms with E-state index in [1.807, 2.05) is 0 Å². The Bertz CT molecular complexity index is 1590. The average molecular weight is 670 g/mol. The number of ether oxygens (including phenoxy) is 4. The van der Waals surface area contributed by atoms with Gasteiger partial charge in [0.2, 0.25) is 0 Å². The molecule has 230 valence electrons. The van der Waals surface area contributed by atoms with Crippen LogP contribution in [0, 0.1) is 5.82 Å². The molecule has 4 rings (SSSR count). The SMILES string of the molecule is CCOC(=O)C1=C(C)NC(=O)N[C@H]1c1ccc(OCC(=O)N/N=C\c2ccc(OCc3ccc(F)cc3)c(Br)c2)c(OC)c1. The lowest BCUT2D eigenvalue weighted by Gasteiger charge is -2.28. The number of allylic oxidation sites excluding steroid dienone is 1. The number of rotatable bonds is 12. The fourth-order valence-electron chi connectivity index (χ4n) is 4.22. The van der Waals surface area contributed by atoms with E-state index in [9.17, 15) is 18.8 Å². The molecule has 44 heavy (non-hydrogen) atoms. The van der Waals surface area contributed by atoms with Crippen molar-refractivity contribution in [3.63, 3.8) is 0 Å². The summed E-state index contributed by atoms with van der Waals surface area (Å²) in [6.45, 7) is 3.41. The fourth-order valence-corrected chi connectivity index (χ4v) is 4.73. The first kappa shape index (κ1) is 32.0. The molecule has 3 aromatic rings. The number of urea groups is 1. The average Bonchev–Trinajstić information content (AvgIpc) is 3.00. The zero-order valence-corrected chi connectivity index (χ0v) is 25.7. The summed E-state index contributed by atoms with van der Waals surface area (Å²) >= 11 is 3.46. The first-order valence-corrected chi connectivity index (χ1v) is 14.2. The van der Waals surface area contributed by atoms with Gasteiger partial charge in [-0.3, -0.25) is 4.79 Å². The molecule has 0 spiro atoms. The van der Waals surface area contributed by atoms with Gasteiger partial charge in [0.15, 0.2) is 18.1 Å². The summed E-state index contributed by atoms with van der Waals surface area (Å²) in [6.07, 6.45) is 1.46. The molecule has 13 heteroatoms. The molecule has 1 aliphatic heterocycles. The summed E-state index contributed by atoms with van der Waals surface area (Å²) < 4.78 is 35.8. The number of halogens is 2. The van der Waals surface area contributed by atoms with Crippen LogP contribution in [0.1, 0.15) is 36.6 Å². The number of hydrogen-bond acceptors (Lipinski definition) is 8. The van der Waals surface area contributed by atoms with Crippen LogP contribution in [0.3, 0.4) is 0 Å². The van der Waals surface area contributed by atoms with Crippen molar-refractivity contribution in [2.75, 3.05) is 20.3 Å².